The Morgan fingerprint density at radius 2 is 2.00 bits per heavy atom. The maximum Gasteiger partial charge on any atom is 0.155 e. The first-order valence-electron chi connectivity index (χ1n) is 5.95. The molecule has 0 aliphatic carbocycles. The zero-order valence-electron chi connectivity index (χ0n) is 10.1. The molecule has 0 spiro atoms. The molecule has 1 aliphatic rings. The summed E-state index contributed by atoms with van der Waals surface area (Å²) in [6, 6.07) is 1.14. The van der Waals surface area contributed by atoms with Crippen molar-refractivity contribution in [2.45, 2.75) is 30.6 Å². The van der Waals surface area contributed by atoms with E-state index in [9.17, 15) is 17.2 Å². The average Bonchev–Trinajstić information content (AvgIpc) is 2.33. The van der Waals surface area contributed by atoms with E-state index in [1.165, 1.54) is 6.07 Å². The number of halogens is 3. The fourth-order valence-corrected chi connectivity index (χ4v) is 4.78. The standard InChI is InChI=1S/C12H14BrF2NO2S/c13-7-4-5-8(14)10(11(7)15)12(16)9-3-1-2-6-19(9,17)18/h4-5,9,12H,1-3,6,16H2. The zero-order valence-corrected chi connectivity index (χ0v) is 12.5. The molecule has 1 aliphatic heterocycles. The summed E-state index contributed by atoms with van der Waals surface area (Å²) < 4.78 is 51.7. The first kappa shape index (κ1) is 14.9. The van der Waals surface area contributed by atoms with Crippen molar-refractivity contribution < 1.29 is 17.2 Å². The number of hydrogen-bond donors (Lipinski definition) is 1. The minimum atomic E-state index is -3.39. The molecule has 7 heteroatoms. The van der Waals surface area contributed by atoms with Crippen LogP contribution in [0.4, 0.5) is 8.78 Å². The Bertz CT molecular complexity index is 592. The third-order valence-electron chi connectivity index (χ3n) is 3.44. The maximum atomic E-state index is 14.0. The van der Waals surface area contributed by atoms with Gasteiger partial charge in [0.25, 0.3) is 0 Å². The number of rotatable bonds is 2. The molecule has 3 nitrogen and oxygen atoms in total. The predicted octanol–water partition coefficient (Wildman–Crippen LogP) is 2.69. The summed E-state index contributed by atoms with van der Waals surface area (Å²) in [7, 11) is -3.39. The van der Waals surface area contributed by atoms with Crippen LogP contribution in [-0.2, 0) is 9.84 Å². The second kappa shape index (κ2) is 5.46. The minimum Gasteiger partial charge on any atom is -0.323 e. The highest BCUT2D eigenvalue weighted by molar-refractivity contribution is 9.10. The van der Waals surface area contributed by atoms with Crippen LogP contribution in [0.15, 0.2) is 16.6 Å². The quantitative estimate of drug-likeness (QED) is 0.831. The molecule has 1 aromatic rings. The Morgan fingerprint density at radius 1 is 1.32 bits per heavy atom. The van der Waals surface area contributed by atoms with E-state index in [2.05, 4.69) is 15.9 Å². The molecular weight excluding hydrogens is 340 g/mol. The fourth-order valence-electron chi connectivity index (χ4n) is 2.42. The smallest absolute Gasteiger partial charge is 0.155 e. The number of sulfone groups is 1. The molecule has 0 aromatic heterocycles. The van der Waals surface area contributed by atoms with E-state index in [0.717, 1.165) is 6.07 Å². The summed E-state index contributed by atoms with van der Waals surface area (Å²) in [6.07, 6.45) is 1.62. The third-order valence-corrected chi connectivity index (χ3v) is 6.36. The highest BCUT2D eigenvalue weighted by Crippen LogP contribution is 2.33. The van der Waals surface area contributed by atoms with Crippen molar-refractivity contribution in [1.82, 2.24) is 0 Å². The molecule has 2 unspecified atom stereocenters. The van der Waals surface area contributed by atoms with Crippen LogP contribution < -0.4 is 5.73 Å². The molecule has 0 amide bonds. The summed E-state index contributed by atoms with van der Waals surface area (Å²) in [5.74, 6) is -1.61. The number of nitrogens with two attached hydrogens (primary N) is 1. The van der Waals surface area contributed by atoms with Crippen LogP contribution in [0.25, 0.3) is 0 Å². The van der Waals surface area contributed by atoms with Gasteiger partial charge in [0.05, 0.1) is 21.5 Å². The summed E-state index contributed by atoms with van der Waals surface area (Å²) in [5, 5.41) is -0.917. The van der Waals surface area contributed by atoms with Gasteiger partial charge in [-0.05, 0) is 40.9 Å². The Kier molecular flexibility index (Phi) is 4.27. The van der Waals surface area contributed by atoms with Gasteiger partial charge in [-0.25, -0.2) is 17.2 Å². The molecular formula is C12H14BrF2NO2S. The van der Waals surface area contributed by atoms with Gasteiger partial charge in [-0.1, -0.05) is 6.42 Å². The second-order valence-electron chi connectivity index (χ2n) is 4.68. The SMILES string of the molecule is NC(c1c(F)ccc(Br)c1F)C1CCCCS1(=O)=O. The molecule has 106 valence electrons. The van der Waals surface area contributed by atoms with E-state index in [4.69, 9.17) is 5.73 Å². The molecule has 1 fully saturated rings. The van der Waals surface area contributed by atoms with Gasteiger partial charge in [0.15, 0.2) is 9.84 Å². The van der Waals surface area contributed by atoms with Gasteiger partial charge < -0.3 is 5.73 Å². The summed E-state index contributed by atoms with van der Waals surface area (Å²) >= 11 is 2.95. The summed E-state index contributed by atoms with van der Waals surface area (Å²) in [5.41, 5.74) is 5.48. The maximum absolute atomic E-state index is 14.0. The lowest BCUT2D eigenvalue weighted by Gasteiger charge is -2.28. The van der Waals surface area contributed by atoms with Crippen molar-refractivity contribution in [2.24, 2.45) is 5.73 Å². The van der Waals surface area contributed by atoms with Crippen molar-refractivity contribution in [2.75, 3.05) is 5.75 Å². The molecule has 2 rings (SSSR count). The van der Waals surface area contributed by atoms with Gasteiger partial charge in [0, 0.05) is 5.56 Å². The molecule has 1 saturated heterocycles. The third kappa shape index (κ3) is 2.83. The summed E-state index contributed by atoms with van der Waals surface area (Å²) in [4.78, 5) is 0. The lowest BCUT2D eigenvalue weighted by molar-refractivity contribution is 0.471. The van der Waals surface area contributed by atoms with Crippen molar-refractivity contribution >= 4 is 25.8 Å². The lowest BCUT2D eigenvalue weighted by atomic mass is 9.99. The van der Waals surface area contributed by atoms with Gasteiger partial charge >= 0.3 is 0 Å². The van der Waals surface area contributed by atoms with Crippen molar-refractivity contribution in [3.63, 3.8) is 0 Å². The molecule has 1 aromatic carbocycles. The Morgan fingerprint density at radius 3 is 2.63 bits per heavy atom. The van der Waals surface area contributed by atoms with Crippen LogP contribution in [0, 0.1) is 11.6 Å². The van der Waals surface area contributed by atoms with Crippen LogP contribution in [0.3, 0.4) is 0 Å². The van der Waals surface area contributed by atoms with E-state index in [1.54, 1.807) is 0 Å². The van der Waals surface area contributed by atoms with Crippen LogP contribution in [0.1, 0.15) is 30.9 Å². The zero-order chi connectivity index (χ0) is 14.2. The molecule has 0 radical (unpaired) electrons. The molecule has 2 N–H and O–H groups in total. The van der Waals surface area contributed by atoms with Gasteiger partial charge in [-0.3, -0.25) is 0 Å². The van der Waals surface area contributed by atoms with Crippen LogP contribution in [0.5, 0.6) is 0 Å². The summed E-state index contributed by atoms with van der Waals surface area (Å²) in [6.45, 7) is 0. The molecule has 0 bridgehead atoms. The second-order valence-corrected chi connectivity index (χ2v) is 7.88. The van der Waals surface area contributed by atoms with Crippen molar-refractivity contribution in [1.29, 1.82) is 0 Å². The Hall–Kier alpha value is -0.530. The number of hydrogen-bond acceptors (Lipinski definition) is 3. The predicted molar refractivity (Wildman–Crippen MR) is 72.4 cm³/mol. The molecule has 2 atom stereocenters. The number of benzene rings is 1. The van der Waals surface area contributed by atoms with E-state index >= 15 is 0 Å². The van der Waals surface area contributed by atoms with Crippen LogP contribution >= 0.6 is 15.9 Å². The van der Waals surface area contributed by atoms with Crippen molar-refractivity contribution in [3.05, 3.63) is 33.8 Å². The highest BCUT2D eigenvalue weighted by Gasteiger charge is 2.37. The lowest BCUT2D eigenvalue weighted by Crippen LogP contribution is -2.38. The Balaban J connectivity index is 2.44. The minimum absolute atomic E-state index is 0.0304. The largest absolute Gasteiger partial charge is 0.323 e. The monoisotopic (exact) mass is 353 g/mol. The van der Waals surface area contributed by atoms with Crippen LogP contribution in [0.2, 0.25) is 0 Å². The van der Waals surface area contributed by atoms with Crippen LogP contribution in [-0.4, -0.2) is 19.4 Å². The fraction of sp³-hybridized carbons (Fsp3) is 0.500. The van der Waals surface area contributed by atoms with E-state index in [-0.39, 0.29) is 15.8 Å². The molecule has 0 saturated carbocycles. The average molecular weight is 354 g/mol. The molecule has 19 heavy (non-hydrogen) atoms. The van der Waals surface area contributed by atoms with E-state index < -0.39 is 32.8 Å². The highest BCUT2D eigenvalue weighted by atomic mass is 79.9. The topological polar surface area (TPSA) is 60.2 Å². The van der Waals surface area contributed by atoms with Crippen molar-refractivity contribution in [3.8, 4) is 0 Å². The van der Waals surface area contributed by atoms with E-state index in [0.29, 0.717) is 19.3 Å². The van der Waals surface area contributed by atoms with Gasteiger partial charge in [0.1, 0.15) is 11.6 Å². The normalized spacial score (nSPS) is 24.1. The first-order valence-corrected chi connectivity index (χ1v) is 8.46. The Labute approximate surface area is 119 Å². The molecule has 1 heterocycles. The first-order chi connectivity index (χ1) is 8.84. The van der Waals surface area contributed by atoms with Gasteiger partial charge in [-0.2, -0.15) is 0 Å². The van der Waals surface area contributed by atoms with Gasteiger partial charge in [-0.15, -0.1) is 0 Å². The van der Waals surface area contributed by atoms with Gasteiger partial charge in [0.2, 0.25) is 0 Å². The van der Waals surface area contributed by atoms with E-state index in [1.807, 2.05) is 0 Å².